The minimum absolute atomic E-state index is 0.0375. The highest BCUT2D eigenvalue weighted by atomic mass is 35.5. The summed E-state index contributed by atoms with van der Waals surface area (Å²) in [5.74, 6) is -0.513. The average Bonchev–Trinajstić information content (AvgIpc) is 2.55. The predicted molar refractivity (Wildman–Crippen MR) is 87.9 cm³/mol. The summed E-state index contributed by atoms with van der Waals surface area (Å²) in [4.78, 5) is 29.1. The van der Waals surface area contributed by atoms with E-state index in [0.29, 0.717) is 40.4 Å². The van der Waals surface area contributed by atoms with E-state index in [9.17, 15) is 9.59 Å². The van der Waals surface area contributed by atoms with Crippen molar-refractivity contribution in [2.24, 2.45) is 0 Å². The van der Waals surface area contributed by atoms with Gasteiger partial charge in [0.05, 0.1) is 29.1 Å². The molecule has 1 aromatic carbocycles. The summed E-state index contributed by atoms with van der Waals surface area (Å²) in [6, 6.07) is 8.87. The van der Waals surface area contributed by atoms with Crippen LogP contribution in [0.25, 0.3) is 11.3 Å². The SMILES string of the molecule is CCOC(=O)c1cc(-c2ccc(Cl)cc2)nc2c1C(=O)CCC2. The van der Waals surface area contributed by atoms with E-state index in [4.69, 9.17) is 16.3 Å². The second kappa shape index (κ2) is 6.50. The Labute approximate surface area is 139 Å². The number of nitrogens with zero attached hydrogens (tertiary/aromatic N) is 1. The fraction of sp³-hybridized carbons (Fsp3) is 0.278. The van der Waals surface area contributed by atoms with Crippen LogP contribution in [0.1, 0.15) is 46.2 Å². The van der Waals surface area contributed by atoms with Gasteiger partial charge in [0, 0.05) is 17.0 Å². The Kier molecular flexibility index (Phi) is 4.44. The van der Waals surface area contributed by atoms with Crippen molar-refractivity contribution in [1.82, 2.24) is 4.98 Å². The van der Waals surface area contributed by atoms with Crippen LogP contribution in [-0.4, -0.2) is 23.3 Å². The lowest BCUT2D eigenvalue weighted by Crippen LogP contribution is -2.20. The number of hydrogen-bond donors (Lipinski definition) is 0. The number of esters is 1. The lowest BCUT2D eigenvalue weighted by Gasteiger charge is -2.18. The predicted octanol–water partition coefficient (Wildman–Crippen LogP) is 4.10. The molecule has 0 radical (unpaired) electrons. The van der Waals surface area contributed by atoms with Crippen molar-refractivity contribution in [2.45, 2.75) is 26.2 Å². The van der Waals surface area contributed by atoms with Crippen molar-refractivity contribution in [3.63, 3.8) is 0 Å². The first-order valence-corrected chi connectivity index (χ1v) is 7.98. The van der Waals surface area contributed by atoms with Gasteiger partial charge >= 0.3 is 5.97 Å². The Morgan fingerprint density at radius 2 is 2.00 bits per heavy atom. The van der Waals surface area contributed by atoms with Crippen LogP contribution in [0.15, 0.2) is 30.3 Å². The number of halogens is 1. The molecule has 2 aromatic rings. The molecule has 0 saturated carbocycles. The number of pyridine rings is 1. The number of ketones is 1. The monoisotopic (exact) mass is 329 g/mol. The zero-order valence-corrected chi connectivity index (χ0v) is 13.5. The molecule has 0 N–H and O–H groups in total. The number of carbonyl (C=O) groups is 2. The normalized spacial score (nSPS) is 13.6. The number of aryl methyl sites for hydroxylation is 1. The van der Waals surface area contributed by atoms with Crippen molar-refractivity contribution in [3.05, 3.63) is 52.2 Å². The molecule has 0 spiro atoms. The van der Waals surface area contributed by atoms with Crippen LogP contribution in [0, 0.1) is 0 Å². The molecule has 0 amide bonds. The zero-order chi connectivity index (χ0) is 16.4. The summed E-state index contributed by atoms with van der Waals surface area (Å²) in [5, 5.41) is 0.632. The van der Waals surface area contributed by atoms with Crippen molar-refractivity contribution >= 4 is 23.4 Å². The van der Waals surface area contributed by atoms with Gasteiger partial charge in [-0.2, -0.15) is 0 Å². The summed E-state index contributed by atoms with van der Waals surface area (Å²) in [6.07, 6.45) is 1.89. The lowest BCUT2D eigenvalue weighted by molar-refractivity contribution is 0.0522. The van der Waals surface area contributed by atoms with Gasteiger partial charge in [-0.1, -0.05) is 23.7 Å². The number of Topliss-reactive ketones (excluding diaryl/α,β-unsaturated/α-hetero) is 1. The van der Waals surface area contributed by atoms with Crippen LogP contribution < -0.4 is 0 Å². The first kappa shape index (κ1) is 15.7. The van der Waals surface area contributed by atoms with Crippen LogP contribution in [0.5, 0.6) is 0 Å². The zero-order valence-electron chi connectivity index (χ0n) is 12.8. The first-order chi connectivity index (χ1) is 11.1. The van der Waals surface area contributed by atoms with E-state index < -0.39 is 5.97 Å². The molecule has 5 heteroatoms. The van der Waals surface area contributed by atoms with Gasteiger partial charge in [0.2, 0.25) is 0 Å². The van der Waals surface area contributed by atoms with Crippen LogP contribution in [0.2, 0.25) is 5.02 Å². The number of fused-ring (bicyclic) bond motifs is 1. The smallest absolute Gasteiger partial charge is 0.339 e. The fourth-order valence-corrected chi connectivity index (χ4v) is 2.90. The third-order valence-corrected chi connectivity index (χ3v) is 4.08. The highest BCUT2D eigenvalue weighted by Gasteiger charge is 2.27. The molecule has 1 aromatic heterocycles. The highest BCUT2D eigenvalue weighted by Crippen LogP contribution is 2.29. The molecule has 0 fully saturated rings. The lowest BCUT2D eigenvalue weighted by atomic mass is 9.90. The molecule has 4 nitrogen and oxygen atoms in total. The van der Waals surface area contributed by atoms with Gasteiger partial charge in [-0.3, -0.25) is 9.78 Å². The van der Waals surface area contributed by atoms with E-state index in [1.54, 1.807) is 25.1 Å². The van der Waals surface area contributed by atoms with E-state index >= 15 is 0 Å². The summed E-state index contributed by atoms with van der Waals surface area (Å²) in [6.45, 7) is 2.01. The van der Waals surface area contributed by atoms with Gasteiger partial charge in [0.1, 0.15) is 0 Å². The Balaban J connectivity index is 2.16. The van der Waals surface area contributed by atoms with Gasteiger partial charge < -0.3 is 4.74 Å². The number of aromatic nitrogens is 1. The van der Waals surface area contributed by atoms with E-state index in [1.165, 1.54) is 0 Å². The first-order valence-electron chi connectivity index (χ1n) is 7.60. The fourth-order valence-electron chi connectivity index (χ4n) is 2.77. The molecule has 23 heavy (non-hydrogen) atoms. The van der Waals surface area contributed by atoms with Crippen molar-refractivity contribution < 1.29 is 14.3 Å². The van der Waals surface area contributed by atoms with E-state index in [0.717, 1.165) is 12.0 Å². The minimum atomic E-state index is -0.475. The van der Waals surface area contributed by atoms with Gasteiger partial charge in [-0.15, -0.1) is 0 Å². The molecule has 118 valence electrons. The summed E-state index contributed by atoms with van der Waals surface area (Å²) < 4.78 is 5.11. The molecule has 1 aliphatic carbocycles. The maximum Gasteiger partial charge on any atom is 0.339 e. The molecular weight excluding hydrogens is 314 g/mol. The highest BCUT2D eigenvalue weighted by molar-refractivity contribution is 6.30. The Morgan fingerprint density at radius 3 is 2.70 bits per heavy atom. The Morgan fingerprint density at radius 1 is 1.26 bits per heavy atom. The third kappa shape index (κ3) is 3.13. The van der Waals surface area contributed by atoms with Crippen LogP contribution in [-0.2, 0) is 11.2 Å². The van der Waals surface area contributed by atoms with Crippen molar-refractivity contribution in [2.75, 3.05) is 6.61 Å². The standard InChI is InChI=1S/C18H16ClNO3/c1-2-23-18(22)13-10-15(11-6-8-12(19)9-7-11)20-14-4-3-5-16(21)17(13)14/h6-10H,2-5H2,1H3. The van der Waals surface area contributed by atoms with E-state index in [1.807, 2.05) is 12.1 Å². The number of benzene rings is 1. The Bertz CT molecular complexity index is 769. The van der Waals surface area contributed by atoms with Crippen molar-refractivity contribution in [3.8, 4) is 11.3 Å². The van der Waals surface area contributed by atoms with Gasteiger partial charge in [-0.25, -0.2) is 4.79 Å². The van der Waals surface area contributed by atoms with Gasteiger partial charge in [0.15, 0.2) is 5.78 Å². The molecule has 0 aliphatic heterocycles. The summed E-state index contributed by atoms with van der Waals surface area (Å²) in [7, 11) is 0. The second-order valence-electron chi connectivity index (χ2n) is 5.38. The topological polar surface area (TPSA) is 56.3 Å². The molecule has 0 saturated heterocycles. The molecule has 0 atom stereocenters. The summed E-state index contributed by atoms with van der Waals surface area (Å²) in [5.41, 5.74) is 2.91. The molecule has 0 bridgehead atoms. The largest absolute Gasteiger partial charge is 0.462 e. The minimum Gasteiger partial charge on any atom is -0.462 e. The molecule has 1 aliphatic rings. The number of rotatable bonds is 3. The number of ether oxygens (including phenoxy) is 1. The second-order valence-corrected chi connectivity index (χ2v) is 5.82. The van der Waals surface area contributed by atoms with E-state index in [2.05, 4.69) is 4.98 Å². The average molecular weight is 330 g/mol. The maximum absolute atomic E-state index is 12.3. The van der Waals surface area contributed by atoms with Crippen LogP contribution in [0.4, 0.5) is 0 Å². The van der Waals surface area contributed by atoms with Gasteiger partial charge in [-0.05, 0) is 38.0 Å². The van der Waals surface area contributed by atoms with Crippen molar-refractivity contribution in [1.29, 1.82) is 0 Å². The van der Waals surface area contributed by atoms with Crippen LogP contribution in [0.3, 0.4) is 0 Å². The molecule has 0 unspecified atom stereocenters. The number of hydrogen-bond acceptors (Lipinski definition) is 4. The third-order valence-electron chi connectivity index (χ3n) is 3.83. The molecular formula is C18H16ClNO3. The molecule has 1 heterocycles. The van der Waals surface area contributed by atoms with Crippen LogP contribution >= 0.6 is 11.6 Å². The summed E-state index contributed by atoms with van der Waals surface area (Å²) >= 11 is 5.92. The van der Waals surface area contributed by atoms with E-state index in [-0.39, 0.29) is 12.4 Å². The quantitative estimate of drug-likeness (QED) is 0.795. The molecule has 3 rings (SSSR count). The maximum atomic E-state index is 12.3. The Hall–Kier alpha value is -2.20. The van der Waals surface area contributed by atoms with Gasteiger partial charge in [0.25, 0.3) is 0 Å². The number of carbonyl (C=O) groups excluding carboxylic acids is 2.